The monoisotopic (exact) mass is 447 g/mol. The molecule has 4 rings (SSSR count). The Hall–Kier alpha value is -2.99. The van der Waals surface area contributed by atoms with Gasteiger partial charge in [0.25, 0.3) is 5.91 Å². The first kappa shape index (κ1) is 22.2. The second kappa shape index (κ2) is 10.6. The van der Waals surface area contributed by atoms with Crippen LogP contribution in [0, 0.1) is 5.92 Å². The molecule has 1 aromatic carbocycles. The molecule has 2 amide bonds. The standard InChI is InChI=1S/C26H29N3O2S/c1-28(26(31)23-9-5-6-13-27-23)24(17-20-7-3-2-4-8-20)22-10-14-29(15-11-22)25(30)18-21-12-16-32-19-21/h2-9,12-13,16,19,22,24H,10-11,14-15,17-18H2,1H3/t24-/m1/s1. The van der Waals surface area contributed by atoms with E-state index >= 15 is 0 Å². The number of carbonyl (C=O) groups excluding carboxylic acids is 2. The smallest absolute Gasteiger partial charge is 0.272 e. The van der Waals surface area contributed by atoms with Gasteiger partial charge >= 0.3 is 0 Å². The molecule has 0 radical (unpaired) electrons. The normalized spacial score (nSPS) is 15.3. The topological polar surface area (TPSA) is 53.5 Å². The second-order valence-corrected chi connectivity index (χ2v) is 9.19. The van der Waals surface area contributed by atoms with E-state index in [1.54, 1.807) is 23.6 Å². The fraction of sp³-hybridized carbons (Fsp3) is 0.346. The molecular formula is C26H29N3O2S. The average molecular weight is 448 g/mol. The molecule has 0 unspecified atom stereocenters. The SMILES string of the molecule is CN(C(=O)c1ccccn1)[C@H](Cc1ccccc1)C1CCN(C(=O)Cc2ccsc2)CC1. The second-order valence-electron chi connectivity index (χ2n) is 8.41. The molecular weight excluding hydrogens is 418 g/mol. The van der Waals surface area contributed by atoms with Crippen LogP contribution in [-0.4, -0.2) is 52.8 Å². The summed E-state index contributed by atoms with van der Waals surface area (Å²) in [4.78, 5) is 34.0. The number of benzene rings is 1. The third-order valence-electron chi connectivity index (χ3n) is 6.36. The molecule has 0 N–H and O–H groups in total. The summed E-state index contributed by atoms with van der Waals surface area (Å²) in [7, 11) is 1.89. The first-order valence-electron chi connectivity index (χ1n) is 11.1. The molecule has 1 aliphatic rings. The molecule has 0 saturated carbocycles. The van der Waals surface area contributed by atoms with Crippen molar-refractivity contribution in [2.75, 3.05) is 20.1 Å². The van der Waals surface area contributed by atoms with Gasteiger partial charge in [0.1, 0.15) is 5.69 Å². The van der Waals surface area contributed by atoms with Gasteiger partial charge in [0.2, 0.25) is 5.91 Å². The van der Waals surface area contributed by atoms with Crippen LogP contribution in [0.5, 0.6) is 0 Å². The fourth-order valence-corrected chi connectivity index (χ4v) is 5.18. The van der Waals surface area contributed by atoms with Crippen molar-refractivity contribution in [2.24, 2.45) is 5.92 Å². The van der Waals surface area contributed by atoms with E-state index in [0.29, 0.717) is 18.0 Å². The Labute approximate surface area is 193 Å². The first-order chi connectivity index (χ1) is 15.6. The molecule has 5 nitrogen and oxygen atoms in total. The van der Waals surface area contributed by atoms with Crippen molar-refractivity contribution >= 4 is 23.2 Å². The quantitative estimate of drug-likeness (QED) is 0.542. The number of thiophene rings is 1. The molecule has 3 aromatic rings. The zero-order valence-electron chi connectivity index (χ0n) is 18.4. The van der Waals surface area contributed by atoms with Crippen LogP contribution >= 0.6 is 11.3 Å². The highest BCUT2D eigenvalue weighted by atomic mass is 32.1. The Morgan fingerprint density at radius 2 is 1.81 bits per heavy atom. The van der Waals surface area contributed by atoms with E-state index in [2.05, 4.69) is 17.1 Å². The number of nitrogens with zero attached hydrogens (tertiary/aromatic N) is 3. The number of aromatic nitrogens is 1. The zero-order valence-corrected chi connectivity index (χ0v) is 19.2. The number of piperidine rings is 1. The van der Waals surface area contributed by atoms with Crippen molar-refractivity contribution in [1.29, 1.82) is 0 Å². The Balaban J connectivity index is 1.45. The predicted octanol–water partition coefficient (Wildman–Crippen LogP) is 4.31. The molecule has 1 saturated heterocycles. The van der Waals surface area contributed by atoms with Crippen molar-refractivity contribution in [3.8, 4) is 0 Å². The number of hydrogen-bond acceptors (Lipinski definition) is 4. The highest BCUT2D eigenvalue weighted by Gasteiger charge is 2.33. The van der Waals surface area contributed by atoms with Crippen molar-refractivity contribution in [3.05, 3.63) is 88.4 Å². The highest BCUT2D eigenvalue weighted by Crippen LogP contribution is 2.27. The van der Waals surface area contributed by atoms with Gasteiger partial charge in [0.15, 0.2) is 0 Å². The predicted molar refractivity (Wildman–Crippen MR) is 128 cm³/mol. The molecule has 1 aliphatic heterocycles. The van der Waals surface area contributed by atoms with Gasteiger partial charge in [-0.25, -0.2) is 0 Å². The Morgan fingerprint density at radius 1 is 1.06 bits per heavy atom. The van der Waals surface area contributed by atoms with Gasteiger partial charge in [-0.15, -0.1) is 0 Å². The lowest BCUT2D eigenvalue weighted by molar-refractivity contribution is -0.132. The lowest BCUT2D eigenvalue weighted by atomic mass is 9.84. The van der Waals surface area contributed by atoms with E-state index in [-0.39, 0.29) is 17.9 Å². The van der Waals surface area contributed by atoms with Gasteiger partial charge in [-0.2, -0.15) is 11.3 Å². The largest absolute Gasteiger partial charge is 0.342 e. The molecule has 32 heavy (non-hydrogen) atoms. The maximum atomic E-state index is 13.2. The Bertz CT molecular complexity index is 1000. The van der Waals surface area contributed by atoms with Crippen LogP contribution in [0.2, 0.25) is 0 Å². The van der Waals surface area contributed by atoms with E-state index in [0.717, 1.165) is 37.9 Å². The lowest BCUT2D eigenvalue weighted by Crippen LogP contribution is -2.48. The molecule has 2 aromatic heterocycles. The van der Waals surface area contributed by atoms with Gasteiger partial charge < -0.3 is 9.80 Å². The summed E-state index contributed by atoms with van der Waals surface area (Å²) >= 11 is 1.62. The van der Waals surface area contributed by atoms with Crippen molar-refractivity contribution in [1.82, 2.24) is 14.8 Å². The number of amides is 2. The molecule has 0 spiro atoms. The van der Waals surface area contributed by atoms with Crippen LogP contribution in [0.1, 0.15) is 34.5 Å². The van der Waals surface area contributed by atoms with Crippen molar-refractivity contribution < 1.29 is 9.59 Å². The van der Waals surface area contributed by atoms with Gasteiger partial charge in [-0.1, -0.05) is 36.4 Å². The number of pyridine rings is 1. The highest BCUT2D eigenvalue weighted by molar-refractivity contribution is 7.08. The Kier molecular flexibility index (Phi) is 7.32. The van der Waals surface area contributed by atoms with Crippen LogP contribution in [0.4, 0.5) is 0 Å². The molecule has 0 aliphatic carbocycles. The molecule has 3 heterocycles. The lowest BCUT2D eigenvalue weighted by Gasteiger charge is -2.40. The summed E-state index contributed by atoms with van der Waals surface area (Å²) < 4.78 is 0. The molecule has 166 valence electrons. The third-order valence-corrected chi connectivity index (χ3v) is 7.09. The third kappa shape index (κ3) is 5.43. The zero-order chi connectivity index (χ0) is 22.3. The average Bonchev–Trinajstić information content (AvgIpc) is 3.36. The summed E-state index contributed by atoms with van der Waals surface area (Å²) in [5, 5.41) is 4.05. The first-order valence-corrected chi connectivity index (χ1v) is 12.1. The minimum atomic E-state index is -0.0532. The van der Waals surface area contributed by atoms with Gasteiger partial charge in [0, 0.05) is 32.4 Å². The minimum Gasteiger partial charge on any atom is -0.342 e. The molecule has 1 atom stereocenters. The maximum Gasteiger partial charge on any atom is 0.272 e. The number of carbonyl (C=O) groups is 2. The maximum absolute atomic E-state index is 13.2. The molecule has 6 heteroatoms. The van der Waals surface area contributed by atoms with Gasteiger partial charge in [-0.05, 0) is 65.3 Å². The van der Waals surface area contributed by atoms with E-state index in [4.69, 9.17) is 0 Å². The number of hydrogen-bond donors (Lipinski definition) is 0. The summed E-state index contributed by atoms with van der Waals surface area (Å²) in [5.74, 6) is 0.472. The van der Waals surface area contributed by atoms with E-state index in [1.165, 1.54) is 5.56 Å². The van der Waals surface area contributed by atoms with E-state index in [9.17, 15) is 9.59 Å². The number of rotatable bonds is 7. The number of likely N-dealkylation sites (N-methyl/N-ethyl adjacent to an activating group) is 1. The van der Waals surface area contributed by atoms with E-state index in [1.807, 2.05) is 64.0 Å². The fourth-order valence-electron chi connectivity index (χ4n) is 4.51. The van der Waals surface area contributed by atoms with Crippen LogP contribution in [-0.2, 0) is 17.6 Å². The van der Waals surface area contributed by atoms with Crippen LogP contribution in [0.15, 0.2) is 71.6 Å². The van der Waals surface area contributed by atoms with Crippen LogP contribution in [0.25, 0.3) is 0 Å². The minimum absolute atomic E-state index is 0.0532. The van der Waals surface area contributed by atoms with Crippen molar-refractivity contribution in [2.45, 2.75) is 31.7 Å². The van der Waals surface area contributed by atoms with E-state index < -0.39 is 0 Å². The van der Waals surface area contributed by atoms with Crippen LogP contribution in [0.3, 0.4) is 0 Å². The molecule has 0 bridgehead atoms. The summed E-state index contributed by atoms with van der Waals surface area (Å²) in [6.07, 6.45) is 4.72. The summed E-state index contributed by atoms with van der Waals surface area (Å²) in [5.41, 5.74) is 2.77. The summed E-state index contributed by atoms with van der Waals surface area (Å²) in [6.45, 7) is 1.48. The van der Waals surface area contributed by atoms with Gasteiger partial charge in [0.05, 0.1) is 6.42 Å². The van der Waals surface area contributed by atoms with Crippen LogP contribution < -0.4 is 0 Å². The summed E-state index contributed by atoms with van der Waals surface area (Å²) in [6, 6.07) is 17.8. The van der Waals surface area contributed by atoms with Crippen molar-refractivity contribution in [3.63, 3.8) is 0 Å². The number of likely N-dealkylation sites (tertiary alicyclic amines) is 1. The van der Waals surface area contributed by atoms with Gasteiger partial charge in [-0.3, -0.25) is 14.6 Å². The Morgan fingerprint density at radius 3 is 2.47 bits per heavy atom. The molecule has 1 fully saturated rings.